The van der Waals surface area contributed by atoms with Gasteiger partial charge in [0.25, 0.3) is 0 Å². The maximum atomic E-state index is 11.2. The molecule has 17 heavy (non-hydrogen) atoms. The molecule has 1 aliphatic rings. The number of nitrogens with one attached hydrogen (secondary N) is 1. The number of rotatable bonds is 6. The molecule has 0 aromatic rings. The van der Waals surface area contributed by atoms with Gasteiger partial charge in [0.15, 0.2) is 0 Å². The zero-order valence-electron chi connectivity index (χ0n) is 10.9. The van der Waals surface area contributed by atoms with E-state index >= 15 is 0 Å². The van der Waals surface area contributed by atoms with E-state index in [1.165, 1.54) is 0 Å². The maximum absolute atomic E-state index is 11.2. The van der Waals surface area contributed by atoms with E-state index in [1.54, 1.807) is 0 Å². The average Bonchev–Trinajstić information content (AvgIpc) is 2.36. The molecule has 0 amide bonds. The second-order valence-corrected chi connectivity index (χ2v) is 6.51. The summed E-state index contributed by atoms with van der Waals surface area (Å²) in [6.07, 6.45) is 1.87. The van der Waals surface area contributed by atoms with Crippen LogP contribution in [0, 0.1) is 11.3 Å². The zero-order chi connectivity index (χ0) is 12.7. The van der Waals surface area contributed by atoms with Crippen LogP contribution in [0.1, 0.15) is 26.7 Å². The summed E-state index contributed by atoms with van der Waals surface area (Å²) in [5.74, 6) is 1.57. The number of nitrogens with zero attached hydrogens (tertiary/aromatic N) is 2. The molecule has 0 radical (unpaired) electrons. The van der Waals surface area contributed by atoms with E-state index in [-0.39, 0.29) is 0 Å². The fraction of sp³-hybridized carbons (Fsp3) is 0.917. The summed E-state index contributed by atoms with van der Waals surface area (Å²) in [4.78, 5) is 2.31. The summed E-state index contributed by atoms with van der Waals surface area (Å²) in [6, 6.07) is 2.36. The Labute approximate surface area is 107 Å². The molecule has 0 saturated carbocycles. The predicted molar refractivity (Wildman–Crippen MR) is 71.2 cm³/mol. The topological polar surface area (TPSA) is 56.1 Å². The molecule has 0 aliphatic carbocycles. The molecule has 1 atom stereocenters. The zero-order valence-corrected chi connectivity index (χ0v) is 11.7. The Morgan fingerprint density at radius 1 is 1.47 bits per heavy atom. The highest BCUT2D eigenvalue weighted by atomic mass is 32.2. The third-order valence-electron chi connectivity index (χ3n) is 3.21. The Balaban J connectivity index is 2.32. The van der Waals surface area contributed by atoms with E-state index in [4.69, 9.17) is 0 Å². The van der Waals surface area contributed by atoms with Crippen molar-refractivity contribution in [3.8, 4) is 6.07 Å². The molecular formula is C12H23N3OS. The first-order chi connectivity index (χ1) is 8.09. The minimum absolute atomic E-state index is 0.424. The third kappa shape index (κ3) is 5.15. The number of nitriles is 1. The SMILES string of the molecule is CCCNC(C)(C#N)CCN1CCS(=O)CC1. The molecule has 0 aromatic carbocycles. The van der Waals surface area contributed by atoms with Gasteiger partial charge in [-0.1, -0.05) is 6.92 Å². The summed E-state index contributed by atoms with van der Waals surface area (Å²) in [5.41, 5.74) is -0.424. The van der Waals surface area contributed by atoms with Gasteiger partial charge in [-0.15, -0.1) is 0 Å². The first kappa shape index (κ1) is 14.6. The Morgan fingerprint density at radius 3 is 2.65 bits per heavy atom. The van der Waals surface area contributed by atoms with Gasteiger partial charge in [-0.05, 0) is 26.3 Å². The number of hydrogen-bond donors (Lipinski definition) is 1. The van der Waals surface area contributed by atoms with Crippen LogP contribution in [0.4, 0.5) is 0 Å². The van der Waals surface area contributed by atoms with Gasteiger partial charge >= 0.3 is 0 Å². The van der Waals surface area contributed by atoms with E-state index in [0.29, 0.717) is 0 Å². The van der Waals surface area contributed by atoms with Crippen LogP contribution in [0.25, 0.3) is 0 Å². The van der Waals surface area contributed by atoms with Crippen molar-refractivity contribution in [1.29, 1.82) is 5.26 Å². The lowest BCUT2D eigenvalue weighted by atomic mass is 9.99. The van der Waals surface area contributed by atoms with Crippen molar-refractivity contribution in [1.82, 2.24) is 10.2 Å². The van der Waals surface area contributed by atoms with Crippen LogP contribution in [0.2, 0.25) is 0 Å². The molecule has 1 aliphatic heterocycles. The Hall–Kier alpha value is -0.440. The first-order valence-corrected chi connectivity index (χ1v) is 7.82. The standard InChI is InChI=1S/C12H23N3OS/c1-3-5-14-12(2,11-13)4-6-15-7-9-17(16)10-8-15/h14H,3-10H2,1-2H3. The minimum Gasteiger partial charge on any atom is -0.301 e. The number of hydrogen-bond acceptors (Lipinski definition) is 4. The normalized spacial score (nSPS) is 21.9. The molecule has 98 valence electrons. The minimum atomic E-state index is -0.615. The molecule has 5 heteroatoms. The van der Waals surface area contributed by atoms with Crippen molar-refractivity contribution in [3.05, 3.63) is 0 Å². The van der Waals surface area contributed by atoms with Gasteiger partial charge < -0.3 is 4.90 Å². The molecule has 4 nitrogen and oxygen atoms in total. The average molecular weight is 257 g/mol. The Kier molecular flexibility index (Phi) is 6.10. The van der Waals surface area contributed by atoms with Crippen LogP contribution < -0.4 is 5.32 Å². The van der Waals surface area contributed by atoms with E-state index < -0.39 is 16.3 Å². The first-order valence-electron chi connectivity index (χ1n) is 6.33. The molecule has 1 N–H and O–H groups in total. The summed E-state index contributed by atoms with van der Waals surface area (Å²) >= 11 is 0. The van der Waals surface area contributed by atoms with Gasteiger partial charge in [0.1, 0.15) is 5.54 Å². The molecule has 0 spiro atoms. The smallest absolute Gasteiger partial charge is 0.105 e. The lowest BCUT2D eigenvalue weighted by Crippen LogP contribution is -2.46. The lowest BCUT2D eigenvalue weighted by molar-refractivity contribution is 0.263. The van der Waals surface area contributed by atoms with Crippen LogP contribution in [0.5, 0.6) is 0 Å². The van der Waals surface area contributed by atoms with Crippen LogP contribution >= 0.6 is 0 Å². The van der Waals surface area contributed by atoms with Crippen LogP contribution in [-0.4, -0.2) is 52.3 Å². The molecule has 1 heterocycles. The lowest BCUT2D eigenvalue weighted by Gasteiger charge is -2.30. The molecule has 1 saturated heterocycles. The van der Waals surface area contributed by atoms with Gasteiger partial charge in [0.2, 0.25) is 0 Å². The highest BCUT2D eigenvalue weighted by Gasteiger charge is 2.24. The summed E-state index contributed by atoms with van der Waals surface area (Å²) < 4.78 is 11.2. The van der Waals surface area contributed by atoms with Crippen LogP contribution in [0.3, 0.4) is 0 Å². The second kappa shape index (κ2) is 7.10. The molecular weight excluding hydrogens is 234 g/mol. The summed E-state index contributed by atoms with van der Waals surface area (Å²) in [6.45, 7) is 7.67. The molecule has 1 rings (SSSR count). The van der Waals surface area contributed by atoms with Gasteiger partial charge in [-0.2, -0.15) is 5.26 Å². The Morgan fingerprint density at radius 2 is 2.12 bits per heavy atom. The van der Waals surface area contributed by atoms with Crippen molar-refractivity contribution >= 4 is 10.8 Å². The van der Waals surface area contributed by atoms with E-state index in [9.17, 15) is 9.47 Å². The second-order valence-electron chi connectivity index (χ2n) is 4.81. The predicted octanol–water partition coefficient (Wildman–Crippen LogP) is 0.723. The molecule has 0 aromatic heterocycles. The maximum Gasteiger partial charge on any atom is 0.105 e. The van der Waals surface area contributed by atoms with Gasteiger partial charge in [0, 0.05) is 41.9 Å². The van der Waals surface area contributed by atoms with Crippen molar-refractivity contribution < 1.29 is 4.21 Å². The van der Waals surface area contributed by atoms with Gasteiger partial charge in [-0.3, -0.25) is 9.53 Å². The van der Waals surface area contributed by atoms with Crippen molar-refractivity contribution in [2.45, 2.75) is 32.2 Å². The highest BCUT2D eigenvalue weighted by molar-refractivity contribution is 7.85. The van der Waals surface area contributed by atoms with E-state index in [0.717, 1.165) is 50.5 Å². The van der Waals surface area contributed by atoms with E-state index in [2.05, 4.69) is 23.2 Å². The Bertz CT molecular complexity index is 293. The molecule has 0 bridgehead atoms. The van der Waals surface area contributed by atoms with Crippen molar-refractivity contribution in [2.24, 2.45) is 0 Å². The summed E-state index contributed by atoms with van der Waals surface area (Å²) in [7, 11) is -0.615. The largest absolute Gasteiger partial charge is 0.301 e. The third-order valence-corrected chi connectivity index (χ3v) is 4.49. The highest BCUT2D eigenvalue weighted by Crippen LogP contribution is 2.11. The van der Waals surface area contributed by atoms with Gasteiger partial charge in [0.05, 0.1) is 6.07 Å². The fourth-order valence-corrected chi connectivity index (χ4v) is 2.99. The fourth-order valence-electron chi connectivity index (χ4n) is 1.87. The van der Waals surface area contributed by atoms with Crippen LogP contribution in [0.15, 0.2) is 0 Å². The van der Waals surface area contributed by atoms with Crippen LogP contribution in [-0.2, 0) is 10.8 Å². The van der Waals surface area contributed by atoms with Crippen molar-refractivity contribution in [2.75, 3.05) is 37.7 Å². The molecule has 1 unspecified atom stereocenters. The summed E-state index contributed by atoms with van der Waals surface area (Å²) in [5, 5.41) is 12.5. The van der Waals surface area contributed by atoms with E-state index in [1.807, 2.05) is 6.92 Å². The monoisotopic (exact) mass is 257 g/mol. The van der Waals surface area contributed by atoms with Gasteiger partial charge in [-0.25, -0.2) is 0 Å². The quantitative estimate of drug-likeness (QED) is 0.762. The van der Waals surface area contributed by atoms with Crippen molar-refractivity contribution in [3.63, 3.8) is 0 Å². The molecule has 1 fully saturated rings.